The van der Waals surface area contributed by atoms with E-state index >= 15 is 0 Å². The molecule has 0 saturated carbocycles. The number of hydrogen-bond donors (Lipinski definition) is 0. The molecule has 10 heavy (non-hydrogen) atoms. The second-order valence-corrected chi connectivity index (χ2v) is 2.46. The largest absolute Gasteiger partial charge is 0.378 e. The number of rotatable bonds is 1. The quantitative estimate of drug-likeness (QED) is 0.528. The van der Waals surface area contributed by atoms with Gasteiger partial charge in [0.05, 0.1) is 32.3 Å². The maximum atomic E-state index is 10.8. The van der Waals surface area contributed by atoms with Crippen molar-refractivity contribution in [1.29, 1.82) is 0 Å². The Morgan fingerprint density at radius 2 is 1.80 bits per heavy atom. The Morgan fingerprint density at radius 1 is 1.30 bits per heavy atom. The minimum absolute atomic E-state index is 0.0394. The predicted molar refractivity (Wildman–Crippen MR) is 35.8 cm³/mol. The summed E-state index contributed by atoms with van der Waals surface area (Å²) in [4.78, 5) is 10.8. The van der Waals surface area contributed by atoms with Crippen molar-refractivity contribution < 1.29 is 14.3 Å². The van der Waals surface area contributed by atoms with Gasteiger partial charge in [-0.1, -0.05) is 0 Å². The van der Waals surface area contributed by atoms with Crippen LogP contribution in [0, 0.1) is 5.92 Å². The minimum Gasteiger partial charge on any atom is -0.378 e. The molecule has 1 heterocycles. The number of ether oxygens (including phenoxy) is 2. The second kappa shape index (κ2) is 3.68. The number of hydrogen-bond acceptors (Lipinski definition) is 3. The van der Waals surface area contributed by atoms with E-state index in [1.54, 1.807) is 6.92 Å². The standard InChI is InChI=1S/C7H12O3/c1-6(8)7-4-9-2-3-10-5-7/h7H,2-5H2,1H3. The molecular weight excluding hydrogens is 132 g/mol. The summed E-state index contributed by atoms with van der Waals surface area (Å²) in [7, 11) is 0. The maximum absolute atomic E-state index is 10.8. The number of carbonyl (C=O) groups is 1. The van der Waals surface area contributed by atoms with Crippen molar-refractivity contribution in [2.24, 2.45) is 5.92 Å². The van der Waals surface area contributed by atoms with Crippen LogP contribution >= 0.6 is 0 Å². The SMILES string of the molecule is CC(=O)C1COCCOC1. The topological polar surface area (TPSA) is 35.5 Å². The molecule has 0 spiro atoms. The van der Waals surface area contributed by atoms with Crippen LogP contribution in [0.15, 0.2) is 0 Å². The fourth-order valence-electron chi connectivity index (χ4n) is 0.852. The van der Waals surface area contributed by atoms with Crippen molar-refractivity contribution in [3.05, 3.63) is 0 Å². The molecule has 1 aliphatic rings. The van der Waals surface area contributed by atoms with E-state index < -0.39 is 0 Å². The minimum atomic E-state index is -0.0394. The van der Waals surface area contributed by atoms with E-state index in [9.17, 15) is 4.79 Å². The fraction of sp³-hybridized carbons (Fsp3) is 0.857. The number of carbonyl (C=O) groups excluding carboxylic acids is 1. The van der Waals surface area contributed by atoms with Crippen LogP contribution in [-0.4, -0.2) is 32.2 Å². The third-order valence-corrected chi connectivity index (χ3v) is 1.58. The van der Waals surface area contributed by atoms with Crippen molar-refractivity contribution in [3.8, 4) is 0 Å². The summed E-state index contributed by atoms with van der Waals surface area (Å²) in [5.41, 5.74) is 0. The molecule has 1 aliphatic heterocycles. The molecule has 58 valence electrons. The first-order valence-electron chi connectivity index (χ1n) is 3.46. The highest BCUT2D eigenvalue weighted by molar-refractivity contribution is 5.78. The highest BCUT2D eigenvalue weighted by Gasteiger charge is 2.16. The van der Waals surface area contributed by atoms with Crippen LogP contribution in [0.4, 0.5) is 0 Å². The van der Waals surface area contributed by atoms with Gasteiger partial charge in [-0.2, -0.15) is 0 Å². The van der Waals surface area contributed by atoms with Gasteiger partial charge in [-0.25, -0.2) is 0 Å². The summed E-state index contributed by atoms with van der Waals surface area (Å²) >= 11 is 0. The lowest BCUT2D eigenvalue weighted by atomic mass is 10.1. The fourth-order valence-corrected chi connectivity index (χ4v) is 0.852. The molecule has 3 heteroatoms. The second-order valence-electron chi connectivity index (χ2n) is 2.46. The average Bonchev–Trinajstić information content (AvgIpc) is 2.12. The first-order valence-corrected chi connectivity index (χ1v) is 3.46. The van der Waals surface area contributed by atoms with Crippen molar-refractivity contribution in [3.63, 3.8) is 0 Å². The van der Waals surface area contributed by atoms with Gasteiger partial charge in [0, 0.05) is 0 Å². The zero-order valence-electron chi connectivity index (χ0n) is 6.13. The predicted octanol–water partition coefficient (Wildman–Crippen LogP) is 0.238. The molecule has 0 radical (unpaired) electrons. The third-order valence-electron chi connectivity index (χ3n) is 1.58. The van der Waals surface area contributed by atoms with Gasteiger partial charge in [0.1, 0.15) is 5.78 Å². The summed E-state index contributed by atoms with van der Waals surface area (Å²) in [6.45, 7) is 3.85. The molecule has 0 N–H and O–H groups in total. The third kappa shape index (κ3) is 2.08. The van der Waals surface area contributed by atoms with Gasteiger partial charge in [0.15, 0.2) is 0 Å². The van der Waals surface area contributed by atoms with E-state index in [4.69, 9.17) is 9.47 Å². The van der Waals surface area contributed by atoms with Crippen molar-refractivity contribution in [1.82, 2.24) is 0 Å². The number of Topliss-reactive ketones (excluding diaryl/α,β-unsaturated/α-hetero) is 1. The Labute approximate surface area is 60.3 Å². The molecule has 0 aromatic rings. The lowest BCUT2D eigenvalue weighted by Gasteiger charge is -2.07. The molecule has 0 amide bonds. The average molecular weight is 144 g/mol. The van der Waals surface area contributed by atoms with Gasteiger partial charge in [-0.15, -0.1) is 0 Å². The summed E-state index contributed by atoms with van der Waals surface area (Å²) in [6.07, 6.45) is 0. The molecule has 3 nitrogen and oxygen atoms in total. The monoisotopic (exact) mass is 144 g/mol. The van der Waals surface area contributed by atoms with Gasteiger partial charge in [-0.05, 0) is 6.92 Å². The van der Waals surface area contributed by atoms with Crippen molar-refractivity contribution >= 4 is 5.78 Å². The van der Waals surface area contributed by atoms with Gasteiger partial charge in [-0.3, -0.25) is 4.79 Å². The summed E-state index contributed by atoms with van der Waals surface area (Å²) < 4.78 is 10.2. The van der Waals surface area contributed by atoms with E-state index in [1.165, 1.54) is 0 Å². The van der Waals surface area contributed by atoms with Gasteiger partial charge in [0.25, 0.3) is 0 Å². The van der Waals surface area contributed by atoms with E-state index in [1.807, 2.05) is 0 Å². The smallest absolute Gasteiger partial charge is 0.137 e. The van der Waals surface area contributed by atoms with Crippen molar-refractivity contribution in [2.45, 2.75) is 6.92 Å². The van der Waals surface area contributed by atoms with Crippen LogP contribution in [0.2, 0.25) is 0 Å². The molecule has 1 saturated heterocycles. The van der Waals surface area contributed by atoms with E-state index in [0.29, 0.717) is 26.4 Å². The molecule has 1 fully saturated rings. The molecule has 0 aliphatic carbocycles. The Morgan fingerprint density at radius 3 is 2.20 bits per heavy atom. The van der Waals surface area contributed by atoms with Crippen LogP contribution in [0.25, 0.3) is 0 Å². The maximum Gasteiger partial charge on any atom is 0.137 e. The van der Waals surface area contributed by atoms with E-state index in [0.717, 1.165) is 0 Å². The highest BCUT2D eigenvalue weighted by Crippen LogP contribution is 2.03. The van der Waals surface area contributed by atoms with Crippen LogP contribution in [-0.2, 0) is 14.3 Å². The normalized spacial score (nSPS) is 22.1. The number of ketones is 1. The van der Waals surface area contributed by atoms with Gasteiger partial charge < -0.3 is 9.47 Å². The summed E-state index contributed by atoms with van der Waals surface area (Å²) in [5, 5.41) is 0. The zero-order valence-corrected chi connectivity index (χ0v) is 6.13. The Balaban J connectivity index is 2.35. The lowest BCUT2D eigenvalue weighted by Crippen LogP contribution is -2.20. The molecule has 0 atom stereocenters. The summed E-state index contributed by atoms with van der Waals surface area (Å²) in [6, 6.07) is 0. The van der Waals surface area contributed by atoms with Crippen LogP contribution in [0.3, 0.4) is 0 Å². The van der Waals surface area contributed by atoms with Crippen LogP contribution < -0.4 is 0 Å². The first-order chi connectivity index (χ1) is 4.80. The molecule has 1 rings (SSSR count). The summed E-state index contributed by atoms with van der Waals surface area (Å²) in [5.74, 6) is 0.115. The first kappa shape index (κ1) is 7.69. The van der Waals surface area contributed by atoms with Crippen LogP contribution in [0.5, 0.6) is 0 Å². The van der Waals surface area contributed by atoms with E-state index in [-0.39, 0.29) is 11.7 Å². The van der Waals surface area contributed by atoms with Gasteiger partial charge >= 0.3 is 0 Å². The lowest BCUT2D eigenvalue weighted by molar-refractivity contribution is -0.123. The van der Waals surface area contributed by atoms with Gasteiger partial charge in [0.2, 0.25) is 0 Å². The molecule has 0 aromatic heterocycles. The molecule has 0 unspecified atom stereocenters. The Bertz CT molecular complexity index is 114. The van der Waals surface area contributed by atoms with E-state index in [2.05, 4.69) is 0 Å². The zero-order chi connectivity index (χ0) is 7.40. The van der Waals surface area contributed by atoms with Crippen LogP contribution in [0.1, 0.15) is 6.92 Å². The highest BCUT2D eigenvalue weighted by atomic mass is 16.5. The Kier molecular flexibility index (Phi) is 2.83. The Hall–Kier alpha value is -0.410. The molecule has 0 bridgehead atoms. The van der Waals surface area contributed by atoms with Crippen molar-refractivity contribution in [2.75, 3.05) is 26.4 Å². The molecular formula is C7H12O3. The molecule has 0 aromatic carbocycles.